The molecule has 12 nitrogen and oxygen atoms in total. The van der Waals surface area contributed by atoms with Gasteiger partial charge in [-0.15, -0.1) is 0 Å². The number of fused-ring (bicyclic) bond motifs is 2. The van der Waals surface area contributed by atoms with Crippen LogP contribution >= 0.6 is 7.52 Å². The van der Waals surface area contributed by atoms with Crippen LogP contribution in [0.25, 0.3) is 11.2 Å². The van der Waals surface area contributed by atoms with Gasteiger partial charge in [-0.05, 0) is 26.7 Å². The van der Waals surface area contributed by atoms with Crippen molar-refractivity contribution in [3.05, 3.63) is 16.7 Å². The topological polar surface area (TPSA) is 156 Å². The fourth-order valence-corrected chi connectivity index (χ4v) is 5.43. The summed E-state index contributed by atoms with van der Waals surface area (Å²) >= 11 is 0. The Morgan fingerprint density at radius 1 is 1.36 bits per heavy atom. The quantitative estimate of drug-likeness (QED) is 0.492. The number of hydrogen-bond donors (Lipinski definition) is 3. The van der Waals surface area contributed by atoms with Crippen LogP contribution < -0.4 is 16.4 Å². The minimum absolute atomic E-state index is 0.0139. The van der Waals surface area contributed by atoms with Crippen LogP contribution in [-0.4, -0.2) is 62.7 Å². The van der Waals surface area contributed by atoms with Crippen molar-refractivity contribution in [2.45, 2.75) is 70.7 Å². The molecule has 0 aromatic carbocycles. The number of alkyl halides is 1. The molecule has 33 heavy (non-hydrogen) atoms. The molecule has 0 radical (unpaired) electrons. The second kappa shape index (κ2) is 8.10. The summed E-state index contributed by atoms with van der Waals surface area (Å²) in [5.74, 6) is -3.54. The number of nitrogens with zero attached hydrogens (tertiary/aromatic N) is 3. The van der Waals surface area contributed by atoms with Crippen LogP contribution in [0.15, 0.2) is 11.1 Å². The molecule has 14 heteroatoms. The molecular formula is C19H30FN6O6P. The van der Waals surface area contributed by atoms with E-state index in [1.54, 1.807) is 13.8 Å². The molecule has 0 bridgehead atoms. The van der Waals surface area contributed by atoms with Gasteiger partial charge in [0.15, 0.2) is 29.3 Å². The van der Waals surface area contributed by atoms with E-state index < -0.39 is 49.8 Å². The average Bonchev–Trinajstić information content (AvgIpc) is 3.31. The molecule has 184 valence electrons. The zero-order chi connectivity index (χ0) is 24.3. The van der Waals surface area contributed by atoms with E-state index in [0.29, 0.717) is 0 Å². The smallest absolute Gasteiger partial charge is 0.280 e. The molecule has 4 heterocycles. The van der Waals surface area contributed by atoms with Gasteiger partial charge in [0, 0.05) is 12.7 Å². The van der Waals surface area contributed by atoms with Crippen molar-refractivity contribution in [2.75, 3.05) is 19.0 Å². The molecule has 2 saturated heterocycles. The number of H-pyrrole nitrogens is 1. The predicted molar refractivity (Wildman–Crippen MR) is 117 cm³/mol. The molecule has 2 fully saturated rings. The molecule has 2 aliphatic rings. The molecule has 2 aromatic rings. The maximum atomic E-state index is 16.2. The molecule has 2 aromatic heterocycles. The van der Waals surface area contributed by atoms with Gasteiger partial charge < -0.3 is 24.5 Å². The summed E-state index contributed by atoms with van der Waals surface area (Å²) in [7, 11) is -3.36. The lowest BCUT2D eigenvalue weighted by molar-refractivity contribution is -0.262. The Hall–Kier alpha value is -1.89. The minimum Gasteiger partial charge on any atom is -0.369 e. The second-order valence-electron chi connectivity index (χ2n) is 9.37. The number of anilines is 1. The zero-order valence-corrected chi connectivity index (χ0v) is 20.3. The third-order valence-electron chi connectivity index (χ3n) is 5.82. The van der Waals surface area contributed by atoms with Gasteiger partial charge in [-0.25, -0.2) is 14.5 Å². The van der Waals surface area contributed by atoms with E-state index >= 15 is 4.39 Å². The van der Waals surface area contributed by atoms with Crippen LogP contribution in [0.3, 0.4) is 0 Å². The number of aromatic amines is 1. The molecule has 0 saturated carbocycles. The van der Waals surface area contributed by atoms with Crippen molar-refractivity contribution in [3.8, 4) is 0 Å². The molecule has 0 amide bonds. The summed E-state index contributed by atoms with van der Waals surface area (Å²) in [5, 5.41) is 2.91. The maximum absolute atomic E-state index is 16.2. The van der Waals surface area contributed by atoms with Crippen molar-refractivity contribution in [1.29, 1.82) is 0 Å². The number of rotatable bonds is 7. The third-order valence-corrected chi connectivity index (χ3v) is 7.32. The third kappa shape index (κ3) is 4.58. The Morgan fingerprint density at radius 2 is 2.06 bits per heavy atom. The fraction of sp³-hybridized carbons (Fsp3) is 0.737. The normalized spacial score (nSPS) is 31.7. The monoisotopic (exact) mass is 488 g/mol. The molecule has 2 unspecified atom stereocenters. The fourth-order valence-electron chi connectivity index (χ4n) is 3.89. The second-order valence-corrected chi connectivity index (χ2v) is 11.6. The van der Waals surface area contributed by atoms with Gasteiger partial charge in [-0.2, -0.15) is 4.98 Å². The van der Waals surface area contributed by atoms with Crippen molar-refractivity contribution in [3.63, 3.8) is 0 Å². The zero-order valence-electron chi connectivity index (χ0n) is 19.4. The number of imidazole rings is 1. The molecule has 2 aliphatic heterocycles. The number of aromatic nitrogens is 4. The lowest BCUT2D eigenvalue weighted by Gasteiger charge is -2.30. The SMILES string of the molecule is CC(C)[C@@H](C)NP(C)(=O)OC[C@@]1(F)O[C@@H](n2cnc3c(=O)[nH]c(N)nc32)[C@H]2OC(C)(C)OC21. The Bertz CT molecular complexity index is 1150. The Labute approximate surface area is 189 Å². The van der Waals surface area contributed by atoms with Crippen LogP contribution in [0, 0.1) is 5.92 Å². The number of ether oxygens (including phenoxy) is 3. The molecule has 0 spiro atoms. The Morgan fingerprint density at radius 3 is 2.73 bits per heavy atom. The van der Waals surface area contributed by atoms with Crippen LogP contribution in [0.5, 0.6) is 0 Å². The Balaban J connectivity index is 1.63. The number of hydrogen-bond acceptors (Lipinski definition) is 9. The summed E-state index contributed by atoms with van der Waals surface area (Å²) < 4.78 is 53.4. The van der Waals surface area contributed by atoms with E-state index in [1.165, 1.54) is 17.6 Å². The van der Waals surface area contributed by atoms with E-state index in [-0.39, 0.29) is 29.1 Å². The standard InChI is InChI=1S/C19H30FN6O6P/c1-9(2)10(3)25-33(6,28)29-7-19(20)13-12(30-18(4,5)31-13)16(32-19)26-8-22-11-14(26)23-17(21)24-15(11)27/h8-10,12-13,16H,7H2,1-6H3,(H,25,28)(H3,21,23,24,27)/t10-,12+,13?,16-,19-,33?/m1/s1. The molecule has 4 rings (SSSR count). The first-order valence-electron chi connectivity index (χ1n) is 10.7. The summed E-state index contributed by atoms with van der Waals surface area (Å²) in [6.07, 6.45) is -1.92. The van der Waals surface area contributed by atoms with E-state index in [0.717, 1.165) is 0 Å². The molecule has 0 aliphatic carbocycles. The van der Waals surface area contributed by atoms with Crippen LogP contribution in [0.1, 0.15) is 40.8 Å². The van der Waals surface area contributed by atoms with Crippen molar-refractivity contribution < 1.29 is 27.7 Å². The summed E-state index contributed by atoms with van der Waals surface area (Å²) in [6, 6.07) is -0.113. The van der Waals surface area contributed by atoms with Crippen LogP contribution in [0.4, 0.5) is 10.3 Å². The summed E-state index contributed by atoms with van der Waals surface area (Å²) in [6.45, 7) is 9.82. The minimum atomic E-state index is -3.36. The van der Waals surface area contributed by atoms with Crippen molar-refractivity contribution in [2.24, 2.45) is 5.92 Å². The summed E-state index contributed by atoms with van der Waals surface area (Å²) in [4.78, 5) is 22.7. The predicted octanol–water partition coefficient (Wildman–Crippen LogP) is 1.89. The van der Waals surface area contributed by atoms with E-state index in [4.69, 9.17) is 24.5 Å². The molecular weight excluding hydrogens is 458 g/mol. The lowest BCUT2D eigenvalue weighted by atomic mass is 10.1. The van der Waals surface area contributed by atoms with E-state index in [2.05, 4.69) is 20.0 Å². The lowest BCUT2D eigenvalue weighted by Crippen LogP contribution is -2.43. The largest absolute Gasteiger partial charge is 0.369 e. The first-order chi connectivity index (χ1) is 15.2. The van der Waals surface area contributed by atoms with Gasteiger partial charge in [-0.3, -0.25) is 18.9 Å². The highest BCUT2D eigenvalue weighted by Crippen LogP contribution is 2.51. The highest BCUT2D eigenvalue weighted by molar-refractivity contribution is 7.56. The van der Waals surface area contributed by atoms with Gasteiger partial charge >= 0.3 is 0 Å². The van der Waals surface area contributed by atoms with Gasteiger partial charge in [0.2, 0.25) is 5.95 Å². The van der Waals surface area contributed by atoms with Gasteiger partial charge in [0.25, 0.3) is 18.9 Å². The number of nitrogens with two attached hydrogens (primary N) is 1. The van der Waals surface area contributed by atoms with Crippen molar-refractivity contribution >= 4 is 24.6 Å². The van der Waals surface area contributed by atoms with Gasteiger partial charge in [0.05, 0.1) is 6.33 Å². The van der Waals surface area contributed by atoms with Crippen molar-refractivity contribution in [1.82, 2.24) is 24.6 Å². The maximum Gasteiger partial charge on any atom is 0.280 e. The number of nitrogens with one attached hydrogen (secondary N) is 2. The summed E-state index contributed by atoms with van der Waals surface area (Å²) in [5.41, 5.74) is 5.25. The van der Waals surface area contributed by atoms with Crippen LogP contribution in [-0.2, 0) is 23.3 Å². The Kier molecular flexibility index (Phi) is 5.95. The van der Waals surface area contributed by atoms with Crippen LogP contribution in [0.2, 0.25) is 0 Å². The molecule has 6 atom stereocenters. The van der Waals surface area contributed by atoms with E-state index in [1.807, 2.05) is 20.8 Å². The highest BCUT2D eigenvalue weighted by Gasteiger charge is 2.65. The first-order valence-corrected chi connectivity index (χ1v) is 12.7. The van der Waals surface area contributed by atoms with Gasteiger partial charge in [0.1, 0.15) is 12.7 Å². The highest BCUT2D eigenvalue weighted by atomic mass is 31.2. The van der Waals surface area contributed by atoms with E-state index in [9.17, 15) is 9.36 Å². The average molecular weight is 488 g/mol. The number of halogens is 1. The first kappa shape index (κ1) is 24.2. The molecule has 4 N–H and O–H groups in total. The van der Waals surface area contributed by atoms with Gasteiger partial charge in [-0.1, -0.05) is 13.8 Å². The number of nitrogen functional groups attached to an aromatic ring is 1.